The van der Waals surface area contributed by atoms with Crippen LogP contribution in [0, 0.1) is 0 Å². The lowest BCUT2D eigenvalue weighted by molar-refractivity contribution is 0.0983. The van der Waals surface area contributed by atoms with Gasteiger partial charge < -0.3 is 19.7 Å². The van der Waals surface area contributed by atoms with E-state index in [0.717, 1.165) is 12.8 Å². The van der Waals surface area contributed by atoms with Crippen LogP contribution >= 0.6 is 0 Å². The molecule has 1 amide bonds. The monoisotopic (exact) mass is 294 g/mol. The molecule has 2 heterocycles. The molecule has 1 aromatic rings. The first-order valence-electron chi connectivity index (χ1n) is 7.37. The SMILES string of the molecule is CCOC(=O)N1CCC(Nc2nccc(OCC)n2)CC1. The summed E-state index contributed by atoms with van der Waals surface area (Å²) >= 11 is 0. The minimum Gasteiger partial charge on any atom is -0.478 e. The van der Waals surface area contributed by atoms with Crippen molar-refractivity contribution in [1.29, 1.82) is 0 Å². The standard InChI is InChI=1S/C14H22N4O3/c1-3-20-12-5-8-15-13(17-12)16-11-6-9-18(10-7-11)14(19)21-4-2/h5,8,11H,3-4,6-7,9-10H2,1-2H3,(H,15,16,17). The lowest BCUT2D eigenvalue weighted by Gasteiger charge is -2.31. The lowest BCUT2D eigenvalue weighted by Crippen LogP contribution is -2.42. The Bertz CT molecular complexity index is 461. The van der Waals surface area contributed by atoms with Gasteiger partial charge in [-0.3, -0.25) is 0 Å². The first-order chi connectivity index (χ1) is 10.2. The Labute approximate surface area is 124 Å². The van der Waals surface area contributed by atoms with Gasteiger partial charge >= 0.3 is 6.09 Å². The van der Waals surface area contributed by atoms with Crippen molar-refractivity contribution in [1.82, 2.24) is 14.9 Å². The van der Waals surface area contributed by atoms with Gasteiger partial charge in [0.05, 0.1) is 13.2 Å². The van der Waals surface area contributed by atoms with Crippen LogP contribution in [-0.4, -0.2) is 53.3 Å². The van der Waals surface area contributed by atoms with E-state index in [2.05, 4.69) is 15.3 Å². The van der Waals surface area contributed by atoms with E-state index in [1.165, 1.54) is 0 Å². The average Bonchev–Trinajstić information content (AvgIpc) is 2.49. The van der Waals surface area contributed by atoms with Gasteiger partial charge in [0.1, 0.15) is 0 Å². The highest BCUT2D eigenvalue weighted by molar-refractivity contribution is 5.67. The second-order valence-electron chi connectivity index (χ2n) is 4.76. The molecule has 21 heavy (non-hydrogen) atoms. The number of nitrogens with one attached hydrogen (secondary N) is 1. The second kappa shape index (κ2) is 7.66. The number of carbonyl (C=O) groups excluding carboxylic acids is 1. The second-order valence-corrected chi connectivity index (χ2v) is 4.76. The first kappa shape index (κ1) is 15.3. The molecule has 0 aliphatic carbocycles. The number of hydrogen-bond acceptors (Lipinski definition) is 6. The molecule has 0 atom stereocenters. The molecule has 0 spiro atoms. The zero-order valence-corrected chi connectivity index (χ0v) is 12.5. The molecule has 1 N–H and O–H groups in total. The van der Waals surface area contributed by atoms with Gasteiger partial charge in [-0.2, -0.15) is 4.98 Å². The Morgan fingerprint density at radius 2 is 2.14 bits per heavy atom. The summed E-state index contributed by atoms with van der Waals surface area (Å²) in [6, 6.07) is 1.99. The number of carbonyl (C=O) groups is 1. The molecule has 2 rings (SSSR count). The maximum atomic E-state index is 11.6. The number of likely N-dealkylation sites (tertiary alicyclic amines) is 1. The van der Waals surface area contributed by atoms with Gasteiger partial charge in [-0.25, -0.2) is 9.78 Å². The van der Waals surface area contributed by atoms with E-state index in [4.69, 9.17) is 9.47 Å². The molecule has 116 valence electrons. The maximum Gasteiger partial charge on any atom is 0.409 e. The third-order valence-corrected chi connectivity index (χ3v) is 3.28. The van der Waals surface area contributed by atoms with Gasteiger partial charge in [0.2, 0.25) is 11.8 Å². The number of anilines is 1. The summed E-state index contributed by atoms with van der Waals surface area (Å²) in [4.78, 5) is 21.8. The molecule has 0 saturated carbocycles. The van der Waals surface area contributed by atoms with E-state index in [1.54, 1.807) is 17.2 Å². The topological polar surface area (TPSA) is 76.6 Å². The fourth-order valence-corrected chi connectivity index (χ4v) is 2.24. The minimum atomic E-state index is -0.231. The van der Waals surface area contributed by atoms with E-state index in [-0.39, 0.29) is 12.1 Å². The van der Waals surface area contributed by atoms with Crippen LogP contribution in [0.2, 0.25) is 0 Å². The quantitative estimate of drug-likeness (QED) is 0.894. The van der Waals surface area contributed by atoms with Crippen LogP contribution in [0.5, 0.6) is 5.88 Å². The zero-order chi connectivity index (χ0) is 15.1. The third kappa shape index (κ3) is 4.47. The molecule has 1 aliphatic heterocycles. The molecule has 0 bridgehead atoms. The lowest BCUT2D eigenvalue weighted by atomic mass is 10.1. The number of ether oxygens (including phenoxy) is 2. The van der Waals surface area contributed by atoms with E-state index < -0.39 is 0 Å². The van der Waals surface area contributed by atoms with Gasteiger partial charge in [-0.05, 0) is 26.7 Å². The highest BCUT2D eigenvalue weighted by atomic mass is 16.6. The number of amides is 1. The fourth-order valence-electron chi connectivity index (χ4n) is 2.24. The number of nitrogens with zero attached hydrogens (tertiary/aromatic N) is 3. The van der Waals surface area contributed by atoms with E-state index in [1.807, 2.05) is 13.8 Å². The van der Waals surface area contributed by atoms with Gasteiger partial charge in [-0.1, -0.05) is 0 Å². The van der Waals surface area contributed by atoms with Gasteiger partial charge in [-0.15, -0.1) is 0 Å². The Morgan fingerprint density at radius 1 is 1.38 bits per heavy atom. The van der Waals surface area contributed by atoms with Crippen molar-refractivity contribution in [2.45, 2.75) is 32.7 Å². The van der Waals surface area contributed by atoms with Crippen molar-refractivity contribution >= 4 is 12.0 Å². The summed E-state index contributed by atoms with van der Waals surface area (Å²) in [5, 5.41) is 3.29. The first-order valence-corrected chi connectivity index (χ1v) is 7.37. The van der Waals surface area contributed by atoms with Crippen LogP contribution in [0.4, 0.5) is 10.7 Å². The Kier molecular flexibility index (Phi) is 5.59. The normalized spacial score (nSPS) is 15.6. The van der Waals surface area contributed by atoms with Crippen molar-refractivity contribution in [3.63, 3.8) is 0 Å². The Hall–Kier alpha value is -2.05. The molecule has 7 heteroatoms. The molecule has 0 radical (unpaired) electrons. The maximum absolute atomic E-state index is 11.6. The molecule has 0 unspecified atom stereocenters. The molecule has 1 fully saturated rings. The van der Waals surface area contributed by atoms with Crippen LogP contribution in [-0.2, 0) is 4.74 Å². The van der Waals surface area contributed by atoms with Gasteiger partial charge in [0.25, 0.3) is 0 Å². The highest BCUT2D eigenvalue weighted by Crippen LogP contribution is 2.16. The molecule has 1 aliphatic rings. The van der Waals surface area contributed by atoms with Crippen LogP contribution in [0.3, 0.4) is 0 Å². The predicted molar refractivity (Wildman–Crippen MR) is 78.4 cm³/mol. The Morgan fingerprint density at radius 3 is 2.81 bits per heavy atom. The number of hydrogen-bond donors (Lipinski definition) is 1. The van der Waals surface area contributed by atoms with Crippen molar-refractivity contribution in [3.05, 3.63) is 12.3 Å². The van der Waals surface area contributed by atoms with Crippen molar-refractivity contribution < 1.29 is 14.3 Å². The van der Waals surface area contributed by atoms with Crippen LogP contribution < -0.4 is 10.1 Å². The number of aromatic nitrogens is 2. The summed E-state index contributed by atoms with van der Waals surface area (Å²) < 4.78 is 10.4. The highest BCUT2D eigenvalue weighted by Gasteiger charge is 2.23. The zero-order valence-electron chi connectivity index (χ0n) is 12.5. The summed E-state index contributed by atoms with van der Waals surface area (Å²) in [7, 11) is 0. The molecular weight excluding hydrogens is 272 g/mol. The molecule has 1 saturated heterocycles. The summed E-state index contributed by atoms with van der Waals surface area (Å²) in [5.74, 6) is 1.13. The third-order valence-electron chi connectivity index (χ3n) is 3.28. The fraction of sp³-hybridized carbons (Fsp3) is 0.643. The number of rotatable bonds is 5. The molecular formula is C14H22N4O3. The van der Waals surface area contributed by atoms with Crippen molar-refractivity contribution in [2.24, 2.45) is 0 Å². The van der Waals surface area contributed by atoms with Gasteiger partial charge in [0, 0.05) is 31.4 Å². The predicted octanol–water partition coefficient (Wildman–Crippen LogP) is 1.91. The smallest absolute Gasteiger partial charge is 0.409 e. The average molecular weight is 294 g/mol. The van der Waals surface area contributed by atoms with Crippen molar-refractivity contribution in [2.75, 3.05) is 31.6 Å². The van der Waals surface area contributed by atoms with Gasteiger partial charge in [0.15, 0.2) is 0 Å². The van der Waals surface area contributed by atoms with Crippen LogP contribution in [0.25, 0.3) is 0 Å². The molecule has 1 aromatic heterocycles. The number of piperidine rings is 1. The van der Waals surface area contributed by atoms with E-state index in [9.17, 15) is 4.79 Å². The Balaban J connectivity index is 1.83. The summed E-state index contributed by atoms with van der Waals surface area (Å²) in [6.07, 6.45) is 3.14. The largest absolute Gasteiger partial charge is 0.478 e. The van der Waals surface area contributed by atoms with Crippen molar-refractivity contribution in [3.8, 4) is 5.88 Å². The van der Waals surface area contributed by atoms with Crippen LogP contribution in [0.15, 0.2) is 12.3 Å². The summed E-state index contributed by atoms with van der Waals surface area (Å²) in [6.45, 7) is 6.09. The van der Waals surface area contributed by atoms with E-state index in [0.29, 0.717) is 38.1 Å². The molecule has 0 aromatic carbocycles. The molecule has 7 nitrogen and oxygen atoms in total. The summed E-state index contributed by atoms with van der Waals surface area (Å²) in [5.41, 5.74) is 0. The van der Waals surface area contributed by atoms with E-state index >= 15 is 0 Å². The van der Waals surface area contributed by atoms with Crippen LogP contribution in [0.1, 0.15) is 26.7 Å². The minimum absolute atomic E-state index is 0.231.